The molecule has 1 fully saturated rings. The second-order valence-corrected chi connectivity index (χ2v) is 5.01. The summed E-state index contributed by atoms with van der Waals surface area (Å²) in [6, 6.07) is 0.453. The number of carboxylic acid groups (broad SMARTS) is 1. The molecular formula is C12H23ClN2O3. The van der Waals surface area contributed by atoms with Crippen molar-refractivity contribution in [3.8, 4) is 0 Å². The van der Waals surface area contributed by atoms with Crippen molar-refractivity contribution in [2.45, 2.75) is 38.6 Å². The minimum Gasteiger partial charge on any atom is -0.480 e. The Balaban J connectivity index is 0.00000289. The van der Waals surface area contributed by atoms with Gasteiger partial charge in [0.2, 0.25) is 5.91 Å². The number of rotatable bonds is 5. The monoisotopic (exact) mass is 278 g/mol. The van der Waals surface area contributed by atoms with Gasteiger partial charge in [0.1, 0.15) is 6.54 Å². The molecule has 2 unspecified atom stereocenters. The molecule has 0 saturated heterocycles. The van der Waals surface area contributed by atoms with Gasteiger partial charge in [0.25, 0.3) is 0 Å². The van der Waals surface area contributed by atoms with Gasteiger partial charge in [-0.15, -0.1) is 12.4 Å². The molecule has 18 heavy (non-hydrogen) atoms. The van der Waals surface area contributed by atoms with E-state index in [0.717, 1.165) is 18.8 Å². The number of hydrogen-bond donors (Lipinski definition) is 2. The number of aliphatic carboxylic acids is 1. The standard InChI is InChI=1S/C12H22N2O3.ClH/c1-9-4-3-5-10(6-9)14(2)8-11(15)13-7-12(16)17;/h9-10H,3-8H2,1-2H3,(H,13,15)(H,16,17);1H. The van der Waals surface area contributed by atoms with Crippen LogP contribution in [0.3, 0.4) is 0 Å². The van der Waals surface area contributed by atoms with Crippen LogP contribution in [0.1, 0.15) is 32.6 Å². The Morgan fingerprint density at radius 2 is 2.06 bits per heavy atom. The quantitative estimate of drug-likeness (QED) is 0.791. The average Bonchev–Trinajstić information content (AvgIpc) is 2.26. The third-order valence-corrected chi connectivity index (χ3v) is 3.36. The number of nitrogens with zero attached hydrogens (tertiary/aromatic N) is 1. The lowest BCUT2D eigenvalue weighted by molar-refractivity contribution is -0.138. The van der Waals surface area contributed by atoms with Gasteiger partial charge >= 0.3 is 5.97 Å². The molecule has 1 rings (SSSR count). The highest BCUT2D eigenvalue weighted by molar-refractivity contribution is 5.85. The topological polar surface area (TPSA) is 69.6 Å². The highest BCUT2D eigenvalue weighted by Gasteiger charge is 2.23. The van der Waals surface area contributed by atoms with E-state index in [-0.39, 0.29) is 31.4 Å². The summed E-state index contributed by atoms with van der Waals surface area (Å²) in [7, 11) is 1.93. The fourth-order valence-electron chi connectivity index (χ4n) is 2.39. The molecule has 2 N–H and O–H groups in total. The zero-order chi connectivity index (χ0) is 12.8. The van der Waals surface area contributed by atoms with Crippen molar-refractivity contribution in [3.05, 3.63) is 0 Å². The number of halogens is 1. The fraction of sp³-hybridized carbons (Fsp3) is 0.833. The Morgan fingerprint density at radius 3 is 2.61 bits per heavy atom. The molecular weight excluding hydrogens is 256 g/mol. The van der Waals surface area contributed by atoms with E-state index in [4.69, 9.17) is 5.11 Å². The second kappa shape index (κ2) is 8.32. The third-order valence-electron chi connectivity index (χ3n) is 3.36. The molecule has 106 valence electrons. The summed E-state index contributed by atoms with van der Waals surface area (Å²) >= 11 is 0. The largest absolute Gasteiger partial charge is 0.480 e. The number of nitrogens with one attached hydrogen (secondary N) is 1. The molecule has 2 atom stereocenters. The maximum absolute atomic E-state index is 11.5. The number of amides is 1. The molecule has 0 aromatic heterocycles. The maximum Gasteiger partial charge on any atom is 0.322 e. The van der Waals surface area contributed by atoms with Crippen molar-refractivity contribution >= 4 is 24.3 Å². The van der Waals surface area contributed by atoms with Crippen LogP contribution >= 0.6 is 12.4 Å². The Labute approximate surface area is 114 Å². The van der Waals surface area contributed by atoms with Crippen LogP contribution in [0, 0.1) is 5.92 Å². The maximum atomic E-state index is 11.5. The molecule has 1 saturated carbocycles. The summed E-state index contributed by atoms with van der Waals surface area (Å²) in [4.78, 5) is 23.8. The molecule has 1 amide bonds. The van der Waals surface area contributed by atoms with Gasteiger partial charge in [0.05, 0.1) is 6.54 Å². The first-order chi connectivity index (χ1) is 7.99. The first-order valence-electron chi connectivity index (χ1n) is 6.17. The van der Waals surface area contributed by atoms with Gasteiger partial charge in [-0.2, -0.15) is 0 Å². The number of carboxylic acids is 1. The lowest BCUT2D eigenvalue weighted by Crippen LogP contribution is -2.43. The van der Waals surface area contributed by atoms with Crippen LogP contribution in [0.2, 0.25) is 0 Å². The molecule has 0 radical (unpaired) electrons. The van der Waals surface area contributed by atoms with Crippen LogP contribution in [0.25, 0.3) is 0 Å². The highest BCUT2D eigenvalue weighted by Crippen LogP contribution is 2.26. The van der Waals surface area contributed by atoms with Crippen molar-refractivity contribution in [1.82, 2.24) is 10.2 Å². The lowest BCUT2D eigenvalue weighted by atomic mass is 9.86. The predicted molar refractivity (Wildman–Crippen MR) is 71.9 cm³/mol. The molecule has 0 aromatic rings. The van der Waals surface area contributed by atoms with E-state index in [1.54, 1.807) is 0 Å². The van der Waals surface area contributed by atoms with Crippen LogP contribution in [0.5, 0.6) is 0 Å². The molecule has 0 heterocycles. The number of hydrogen-bond acceptors (Lipinski definition) is 3. The molecule has 0 aliphatic heterocycles. The van der Waals surface area contributed by atoms with Gasteiger partial charge in [-0.1, -0.05) is 19.8 Å². The Kier molecular flexibility index (Phi) is 7.95. The smallest absolute Gasteiger partial charge is 0.322 e. The summed E-state index contributed by atoms with van der Waals surface area (Å²) < 4.78 is 0. The normalized spacial score (nSPS) is 23.3. The highest BCUT2D eigenvalue weighted by atomic mass is 35.5. The van der Waals surface area contributed by atoms with Crippen molar-refractivity contribution in [2.24, 2.45) is 5.92 Å². The van der Waals surface area contributed by atoms with E-state index in [0.29, 0.717) is 6.04 Å². The summed E-state index contributed by atoms with van der Waals surface area (Å²) in [6.45, 7) is 2.23. The van der Waals surface area contributed by atoms with Crippen molar-refractivity contribution in [2.75, 3.05) is 20.1 Å². The van der Waals surface area contributed by atoms with Crippen LogP contribution in [-0.2, 0) is 9.59 Å². The fourth-order valence-corrected chi connectivity index (χ4v) is 2.39. The number of carbonyl (C=O) groups is 2. The Morgan fingerprint density at radius 1 is 1.39 bits per heavy atom. The van der Waals surface area contributed by atoms with Gasteiger partial charge in [0.15, 0.2) is 0 Å². The average molecular weight is 279 g/mol. The molecule has 0 bridgehead atoms. The van der Waals surface area contributed by atoms with Crippen LogP contribution in [0.4, 0.5) is 0 Å². The zero-order valence-electron chi connectivity index (χ0n) is 11.0. The summed E-state index contributed by atoms with van der Waals surface area (Å²) in [5, 5.41) is 10.8. The van der Waals surface area contributed by atoms with E-state index in [1.165, 1.54) is 12.8 Å². The van der Waals surface area contributed by atoms with Gasteiger partial charge in [-0.3, -0.25) is 14.5 Å². The molecule has 1 aliphatic carbocycles. The molecule has 5 nitrogen and oxygen atoms in total. The predicted octanol–water partition coefficient (Wildman–Crippen LogP) is 1.12. The molecule has 1 aliphatic rings. The summed E-state index contributed by atoms with van der Waals surface area (Å²) in [6.07, 6.45) is 4.75. The number of likely N-dealkylation sites (N-methyl/N-ethyl adjacent to an activating group) is 1. The zero-order valence-corrected chi connectivity index (χ0v) is 11.8. The van der Waals surface area contributed by atoms with E-state index in [2.05, 4.69) is 12.2 Å². The van der Waals surface area contributed by atoms with Gasteiger partial charge in [0, 0.05) is 6.04 Å². The van der Waals surface area contributed by atoms with E-state index in [1.807, 2.05) is 11.9 Å². The second-order valence-electron chi connectivity index (χ2n) is 5.01. The first-order valence-corrected chi connectivity index (χ1v) is 6.17. The minimum atomic E-state index is -1.01. The van der Waals surface area contributed by atoms with Gasteiger partial charge in [-0.25, -0.2) is 0 Å². The van der Waals surface area contributed by atoms with Gasteiger partial charge in [-0.05, 0) is 25.8 Å². The summed E-state index contributed by atoms with van der Waals surface area (Å²) in [5.41, 5.74) is 0. The third kappa shape index (κ3) is 6.21. The first kappa shape index (κ1) is 17.2. The van der Waals surface area contributed by atoms with Crippen molar-refractivity contribution in [3.63, 3.8) is 0 Å². The molecule has 0 spiro atoms. The van der Waals surface area contributed by atoms with Crippen molar-refractivity contribution in [1.29, 1.82) is 0 Å². The van der Waals surface area contributed by atoms with Crippen LogP contribution in [0.15, 0.2) is 0 Å². The number of carbonyl (C=O) groups excluding carboxylic acids is 1. The van der Waals surface area contributed by atoms with Gasteiger partial charge < -0.3 is 10.4 Å². The summed E-state index contributed by atoms with van der Waals surface area (Å²) in [5.74, 6) is -0.501. The molecule has 6 heteroatoms. The lowest BCUT2D eigenvalue weighted by Gasteiger charge is -2.33. The van der Waals surface area contributed by atoms with E-state index < -0.39 is 5.97 Å². The Bertz CT molecular complexity index is 286. The van der Waals surface area contributed by atoms with E-state index >= 15 is 0 Å². The van der Waals surface area contributed by atoms with Crippen molar-refractivity contribution < 1.29 is 14.7 Å². The minimum absolute atomic E-state index is 0. The van der Waals surface area contributed by atoms with Crippen LogP contribution < -0.4 is 5.32 Å². The molecule has 0 aromatic carbocycles. The SMILES string of the molecule is CC1CCCC(N(C)CC(=O)NCC(=O)O)C1.Cl. The van der Waals surface area contributed by atoms with E-state index in [9.17, 15) is 9.59 Å². The van der Waals surface area contributed by atoms with Crippen LogP contribution in [-0.4, -0.2) is 48.1 Å². The Hall–Kier alpha value is -0.810.